The molecule has 0 fully saturated rings. The van der Waals surface area contributed by atoms with Crippen molar-refractivity contribution in [2.75, 3.05) is 0 Å². The van der Waals surface area contributed by atoms with Crippen LogP contribution in [0.2, 0.25) is 0 Å². The molecule has 2 N–H and O–H groups in total. The molecule has 0 bridgehead atoms. The van der Waals surface area contributed by atoms with Gasteiger partial charge in [-0.2, -0.15) is 0 Å². The van der Waals surface area contributed by atoms with Crippen molar-refractivity contribution in [1.29, 1.82) is 0 Å². The van der Waals surface area contributed by atoms with Gasteiger partial charge in [-0.05, 0) is 18.9 Å². The summed E-state index contributed by atoms with van der Waals surface area (Å²) in [6.45, 7) is 2.51. The van der Waals surface area contributed by atoms with Gasteiger partial charge < -0.3 is 10.3 Å². The summed E-state index contributed by atoms with van der Waals surface area (Å²) in [6.07, 6.45) is 4.69. The van der Waals surface area contributed by atoms with Crippen molar-refractivity contribution in [2.45, 2.75) is 26.3 Å². The zero-order chi connectivity index (χ0) is 12.8. The van der Waals surface area contributed by atoms with Crippen molar-refractivity contribution in [3.63, 3.8) is 0 Å². The van der Waals surface area contributed by atoms with Gasteiger partial charge in [-0.15, -0.1) is 0 Å². The van der Waals surface area contributed by atoms with Crippen LogP contribution < -0.4 is 5.32 Å². The number of hydrogen-bond acceptors (Lipinski definition) is 2. The van der Waals surface area contributed by atoms with E-state index in [9.17, 15) is 4.79 Å². The maximum Gasteiger partial charge on any atom is 0.220 e. The smallest absolute Gasteiger partial charge is 0.220 e. The lowest BCUT2D eigenvalue weighted by atomic mass is 10.1. The molecule has 2 aromatic rings. The van der Waals surface area contributed by atoms with Gasteiger partial charge in [-0.3, -0.25) is 4.79 Å². The van der Waals surface area contributed by atoms with Gasteiger partial charge in [0.15, 0.2) is 0 Å². The number of imidazole rings is 1. The number of aromatic amines is 1. The zero-order valence-corrected chi connectivity index (χ0v) is 10.4. The molecule has 0 unspecified atom stereocenters. The van der Waals surface area contributed by atoms with Crippen molar-refractivity contribution in [3.05, 3.63) is 53.6 Å². The minimum atomic E-state index is 0.0490. The van der Waals surface area contributed by atoms with Crippen LogP contribution in [0.4, 0.5) is 0 Å². The number of aromatic nitrogens is 2. The molecule has 0 saturated carbocycles. The van der Waals surface area contributed by atoms with Gasteiger partial charge in [0, 0.05) is 18.8 Å². The van der Waals surface area contributed by atoms with E-state index in [0.717, 1.165) is 12.2 Å². The lowest BCUT2D eigenvalue weighted by Crippen LogP contribution is -2.23. The van der Waals surface area contributed by atoms with E-state index in [0.29, 0.717) is 13.0 Å². The van der Waals surface area contributed by atoms with E-state index in [2.05, 4.69) is 34.3 Å². The summed E-state index contributed by atoms with van der Waals surface area (Å²) in [5.74, 6) is 0.826. The Labute approximate surface area is 106 Å². The number of hydrogen-bond donors (Lipinski definition) is 2. The van der Waals surface area contributed by atoms with Crippen LogP contribution in [-0.4, -0.2) is 15.9 Å². The summed E-state index contributed by atoms with van der Waals surface area (Å²) in [5.41, 5.74) is 2.42. The summed E-state index contributed by atoms with van der Waals surface area (Å²) >= 11 is 0. The Bertz CT molecular complexity index is 506. The molecule has 0 aliphatic carbocycles. The molecule has 0 spiro atoms. The number of carbonyl (C=O) groups is 1. The van der Waals surface area contributed by atoms with E-state index in [1.165, 1.54) is 11.1 Å². The normalized spacial score (nSPS) is 10.3. The third-order valence-corrected chi connectivity index (χ3v) is 2.73. The van der Waals surface area contributed by atoms with Crippen LogP contribution in [0, 0.1) is 6.92 Å². The number of benzene rings is 1. The largest absolute Gasteiger partial charge is 0.349 e. The topological polar surface area (TPSA) is 57.8 Å². The quantitative estimate of drug-likeness (QED) is 0.843. The average molecular weight is 243 g/mol. The molecule has 4 nitrogen and oxygen atoms in total. The molecular weight excluding hydrogens is 226 g/mol. The monoisotopic (exact) mass is 243 g/mol. The highest BCUT2D eigenvalue weighted by Gasteiger charge is 2.03. The molecule has 1 aromatic carbocycles. The number of H-pyrrole nitrogens is 1. The Morgan fingerprint density at radius 3 is 3.06 bits per heavy atom. The van der Waals surface area contributed by atoms with Crippen LogP contribution in [0.25, 0.3) is 0 Å². The Kier molecular flexibility index (Phi) is 4.12. The first-order valence-electron chi connectivity index (χ1n) is 6.04. The number of rotatable bonds is 5. The average Bonchev–Trinajstić information content (AvgIpc) is 2.87. The molecule has 1 aromatic heterocycles. The van der Waals surface area contributed by atoms with Crippen LogP contribution >= 0.6 is 0 Å². The molecule has 2 rings (SSSR count). The second-order valence-corrected chi connectivity index (χ2v) is 4.30. The van der Waals surface area contributed by atoms with Crippen molar-refractivity contribution in [3.8, 4) is 0 Å². The van der Waals surface area contributed by atoms with E-state index in [1.54, 1.807) is 12.4 Å². The first-order chi connectivity index (χ1) is 8.74. The summed E-state index contributed by atoms with van der Waals surface area (Å²) in [6, 6.07) is 8.23. The molecular formula is C14H17N3O. The molecule has 4 heteroatoms. The number of amides is 1. The van der Waals surface area contributed by atoms with Gasteiger partial charge in [0.2, 0.25) is 5.91 Å². The van der Waals surface area contributed by atoms with Crippen LogP contribution in [-0.2, 0) is 17.8 Å². The number of nitrogens with zero attached hydrogens (tertiary/aromatic N) is 1. The maximum atomic E-state index is 11.6. The highest BCUT2D eigenvalue weighted by Crippen LogP contribution is 2.06. The minimum absolute atomic E-state index is 0.0490. The van der Waals surface area contributed by atoms with Crippen LogP contribution in [0.15, 0.2) is 36.7 Å². The fourth-order valence-electron chi connectivity index (χ4n) is 1.79. The summed E-state index contributed by atoms with van der Waals surface area (Å²) in [4.78, 5) is 18.6. The first-order valence-corrected chi connectivity index (χ1v) is 6.04. The standard InChI is InChI=1S/C14H17N3O/c1-11-3-2-4-12(9-11)5-6-14(18)17-10-13-15-7-8-16-13/h2-4,7-9H,5-6,10H2,1H3,(H,15,16)(H,17,18). The third kappa shape index (κ3) is 3.73. The van der Waals surface area contributed by atoms with E-state index in [4.69, 9.17) is 0 Å². The van der Waals surface area contributed by atoms with Crippen molar-refractivity contribution in [2.24, 2.45) is 0 Å². The van der Waals surface area contributed by atoms with Crippen molar-refractivity contribution in [1.82, 2.24) is 15.3 Å². The number of nitrogens with one attached hydrogen (secondary N) is 2. The van der Waals surface area contributed by atoms with Gasteiger partial charge in [0.25, 0.3) is 0 Å². The van der Waals surface area contributed by atoms with Gasteiger partial charge in [0.1, 0.15) is 5.82 Å². The van der Waals surface area contributed by atoms with E-state index >= 15 is 0 Å². The van der Waals surface area contributed by atoms with Gasteiger partial charge in [-0.25, -0.2) is 4.98 Å². The molecule has 1 amide bonds. The third-order valence-electron chi connectivity index (χ3n) is 2.73. The predicted octanol–water partition coefficient (Wildman–Crippen LogP) is 1.97. The zero-order valence-electron chi connectivity index (χ0n) is 10.4. The highest BCUT2D eigenvalue weighted by atomic mass is 16.1. The Balaban J connectivity index is 1.75. The molecule has 0 atom stereocenters. The molecule has 18 heavy (non-hydrogen) atoms. The van der Waals surface area contributed by atoms with E-state index in [1.807, 2.05) is 12.1 Å². The molecule has 0 aliphatic rings. The van der Waals surface area contributed by atoms with Crippen molar-refractivity contribution >= 4 is 5.91 Å². The fraction of sp³-hybridized carbons (Fsp3) is 0.286. The second-order valence-electron chi connectivity index (χ2n) is 4.30. The Hall–Kier alpha value is -2.10. The number of carbonyl (C=O) groups excluding carboxylic acids is 1. The van der Waals surface area contributed by atoms with Crippen LogP contribution in [0.5, 0.6) is 0 Å². The molecule has 1 heterocycles. The summed E-state index contributed by atoms with van der Waals surface area (Å²) < 4.78 is 0. The lowest BCUT2D eigenvalue weighted by molar-refractivity contribution is -0.121. The minimum Gasteiger partial charge on any atom is -0.349 e. The van der Waals surface area contributed by atoms with Gasteiger partial charge >= 0.3 is 0 Å². The van der Waals surface area contributed by atoms with Crippen molar-refractivity contribution < 1.29 is 4.79 Å². The Morgan fingerprint density at radius 2 is 2.33 bits per heavy atom. The Morgan fingerprint density at radius 1 is 1.44 bits per heavy atom. The maximum absolute atomic E-state index is 11.6. The van der Waals surface area contributed by atoms with Crippen LogP contribution in [0.1, 0.15) is 23.4 Å². The SMILES string of the molecule is Cc1cccc(CCC(=O)NCc2ncc[nH]2)c1. The fourth-order valence-corrected chi connectivity index (χ4v) is 1.79. The first kappa shape index (κ1) is 12.4. The predicted molar refractivity (Wildman–Crippen MR) is 69.9 cm³/mol. The highest BCUT2D eigenvalue weighted by molar-refractivity contribution is 5.76. The van der Waals surface area contributed by atoms with Gasteiger partial charge in [-0.1, -0.05) is 29.8 Å². The van der Waals surface area contributed by atoms with E-state index < -0.39 is 0 Å². The van der Waals surface area contributed by atoms with E-state index in [-0.39, 0.29) is 5.91 Å². The van der Waals surface area contributed by atoms with Gasteiger partial charge in [0.05, 0.1) is 6.54 Å². The molecule has 94 valence electrons. The lowest BCUT2D eigenvalue weighted by Gasteiger charge is -2.04. The second kappa shape index (κ2) is 6.00. The van der Waals surface area contributed by atoms with Crippen LogP contribution in [0.3, 0.4) is 0 Å². The summed E-state index contributed by atoms with van der Waals surface area (Å²) in [5, 5.41) is 2.84. The molecule has 0 saturated heterocycles. The summed E-state index contributed by atoms with van der Waals surface area (Å²) in [7, 11) is 0. The number of aryl methyl sites for hydroxylation is 2. The molecule has 0 aliphatic heterocycles. The molecule has 0 radical (unpaired) electrons.